The first-order valence-corrected chi connectivity index (χ1v) is 8.94. The zero-order valence-electron chi connectivity index (χ0n) is 15.7. The lowest BCUT2D eigenvalue weighted by molar-refractivity contribution is -0.144. The molecule has 0 bridgehead atoms. The molecule has 1 rings (SSSR count). The minimum Gasteiger partial charge on any atom is -0.478 e. The molecule has 0 aromatic heterocycles. The number of carboxylic acid groups (broad SMARTS) is 1. The summed E-state index contributed by atoms with van der Waals surface area (Å²) in [5.41, 5.74) is 0.315. The van der Waals surface area contributed by atoms with Crippen LogP contribution in [-0.4, -0.2) is 34.2 Å². The zero-order chi connectivity index (χ0) is 18.4. The highest BCUT2D eigenvalue weighted by Crippen LogP contribution is 2.35. The Bertz CT molecular complexity index is 452. The summed E-state index contributed by atoms with van der Waals surface area (Å²) in [6.07, 6.45) is 7.70. The van der Waals surface area contributed by atoms with Crippen molar-refractivity contribution in [1.82, 2.24) is 5.32 Å². The van der Waals surface area contributed by atoms with Crippen LogP contribution in [0, 0.1) is 5.92 Å². The van der Waals surface area contributed by atoms with Crippen molar-refractivity contribution < 1.29 is 19.4 Å². The first-order chi connectivity index (χ1) is 11.0. The average molecular weight is 339 g/mol. The number of hydrogen-bond donors (Lipinski definition) is 2. The molecule has 2 N–H and O–H groups in total. The van der Waals surface area contributed by atoms with Crippen molar-refractivity contribution in [2.45, 2.75) is 90.3 Å². The molecule has 1 fully saturated rings. The molecule has 0 aliphatic carbocycles. The predicted molar refractivity (Wildman–Crippen MR) is 94.8 cm³/mol. The number of nitrogens with one attached hydrogen (secondary N) is 1. The first-order valence-electron chi connectivity index (χ1n) is 8.94. The molecule has 5 heteroatoms. The summed E-state index contributed by atoms with van der Waals surface area (Å²) in [6, 6.07) is 0. The number of rotatable bonds is 8. The van der Waals surface area contributed by atoms with Crippen LogP contribution in [0.4, 0.5) is 0 Å². The minimum atomic E-state index is -1.14. The second-order valence-corrected chi connectivity index (χ2v) is 8.24. The Balaban J connectivity index is 2.41. The molecule has 1 heterocycles. The third-order valence-electron chi connectivity index (χ3n) is 4.51. The highest BCUT2D eigenvalue weighted by atomic mass is 16.5. The number of carbonyl (C=O) groups excluding carboxylic acids is 1. The fourth-order valence-electron chi connectivity index (χ4n) is 4.06. The van der Waals surface area contributed by atoms with Crippen LogP contribution in [0.1, 0.15) is 73.1 Å². The fraction of sp³-hybridized carbons (Fsp3) is 0.789. The van der Waals surface area contributed by atoms with E-state index in [2.05, 4.69) is 33.0 Å². The van der Waals surface area contributed by atoms with E-state index in [1.165, 1.54) is 0 Å². The summed E-state index contributed by atoms with van der Waals surface area (Å²) in [5, 5.41) is 12.2. The summed E-state index contributed by atoms with van der Waals surface area (Å²) >= 11 is 0. The Morgan fingerprint density at radius 2 is 1.79 bits per heavy atom. The van der Waals surface area contributed by atoms with Crippen molar-refractivity contribution in [3.63, 3.8) is 0 Å². The van der Waals surface area contributed by atoms with Gasteiger partial charge in [-0.15, -0.1) is 0 Å². The van der Waals surface area contributed by atoms with Crippen LogP contribution in [0.5, 0.6) is 0 Å². The minimum absolute atomic E-state index is 0.140. The van der Waals surface area contributed by atoms with Crippen LogP contribution in [0.25, 0.3) is 0 Å². The molecular weight excluding hydrogens is 306 g/mol. The van der Waals surface area contributed by atoms with Gasteiger partial charge in [-0.3, -0.25) is 0 Å². The van der Waals surface area contributed by atoms with Gasteiger partial charge in [-0.05, 0) is 65.7 Å². The molecule has 1 saturated heterocycles. The van der Waals surface area contributed by atoms with E-state index >= 15 is 0 Å². The molecule has 0 radical (unpaired) electrons. The molecule has 1 unspecified atom stereocenters. The number of hydrogen-bond acceptors (Lipinski definition) is 4. The summed E-state index contributed by atoms with van der Waals surface area (Å²) in [4.78, 5) is 22.0. The van der Waals surface area contributed by atoms with Crippen LogP contribution in [0.2, 0.25) is 0 Å². The van der Waals surface area contributed by atoms with Gasteiger partial charge < -0.3 is 15.2 Å². The largest absolute Gasteiger partial charge is 0.478 e. The molecular formula is C19H33NO4. The molecule has 5 nitrogen and oxygen atoms in total. The van der Waals surface area contributed by atoms with Crippen molar-refractivity contribution in [2.75, 3.05) is 0 Å². The smallest absolute Gasteiger partial charge is 0.331 e. The summed E-state index contributed by atoms with van der Waals surface area (Å²) in [6.45, 7) is 11.0. The van der Waals surface area contributed by atoms with Crippen molar-refractivity contribution in [3.05, 3.63) is 12.2 Å². The van der Waals surface area contributed by atoms with Crippen LogP contribution < -0.4 is 5.32 Å². The zero-order valence-corrected chi connectivity index (χ0v) is 15.7. The lowest BCUT2D eigenvalue weighted by Gasteiger charge is -2.46. The molecule has 0 spiro atoms. The molecule has 24 heavy (non-hydrogen) atoms. The van der Waals surface area contributed by atoms with E-state index in [0.717, 1.165) is 50.7 Å². The van der Waals surface area contributed by atoms with E-state index in [9.17, 15) is 9.59 Å². The van der Waals surface area contributed by atoms with E-state index in [-0.39, 0.29) is 17.2 Å². The van der Waals surface area contributed by atoms with E-state index in [4.69, 9.17) is 9.84 Å². The quantitative estimate of drug-likeness (QED) is 0.521. The lowest BCUT2D eigenvalue weighted by atomic mass is 9.74. The second kappa shape index (κ2) is 8.65. The van der Waals surface area contributed by atoms with Crippen LogP contribution in [-0.2, 0) is 14.3 Å². The third-order valence-corrected chi connectivity index (χ3v) is 4.51. The van der Waals surface area contributed by atoms with Crippen molar-refractivity contribution in [2.24, 2.45) is 5.92 Å². The maximum Gasteiger partial charge on any atom is 0.331 e. The standard InChI is InChI=1S/C19H33NO4/c1-6-15(24-17(23)11-10-16(21)22)9-7-8-14-12-18(2,3)20-19(4,5)13-14/h10-11,14-15,20H,6-9,12-13H2,1-5H3,(H,21,22)/b11-10-. The Kier molecular flexibility index (Phi) is 7.46. The monoisotopic (exact) mass is 339 g/mol. The second-order valence-electron chi connectivity index (χ2n) is 8.24. The number of aliphatic carboxylic acids is 1. The Hall–Kier alpha value is -1.36. The SMILES string of the molecule is CCC(CCCC1CC(C)(C)NC(C)(C)C1)OC(=O)/C=C\C(=O)O. The molecule has 0 saturated carbocycles. The van der Waals surface area contributed by atoms with Gasteiger partial charge in [-0.1, -0.05) is 13.3 Å². The van der Waals surface area contributed by atoms with Crippen LogP contribution in [0.15, 0.2) is 12.2 Å². The highest BCUT2D eigenvalue weighted by molar-refractivity contribution is 5.90. The number of ether oxygens (including phenoxy) is 1. The van der Waals surface area contributed by atoms with Crippen molar-refractivity contribution in [1.29, 1.82) is 0 Å². The van der Waals surface area contributed by atoms with E-state index in [1.54, 1.807) is 0 Å². The summed E-state index contributed by atoms with van der Waals surface area (Å²) in [5.74, 6) is -1.04. The molecule has 0 amide bonds. The first kappa shape index (κ1) is 20.7. The van der Waals surface area contributed by atoms with Crippen LogP contribution >= 0.6 is 0 Å². The molecule has 138 valence electrons. The molecule has 0 aromatic rings. The molecule has 0 aromatic carbocycles. The Morgan fingerprint density at radius 1 is 1.21 bits per heavy atom. The lowest BCUT2D eigenvalue weighted by Crippen LogP contribution is -2.57. The Labute approximate surface area is 145 Å². The topological polar surface area (TPSA) is 75.6 Å². The van der Waals surface area contributed by atoms with E-state index < -0.39 is 11.9 Å². The highest BCUT2D eigenvalue weighted by Gasteiger charge is 2.37. The molecule has 1 aliphatic rings. The van der Waals surface area contributed by atoms with Gasteiger partial charge in [0.05, 0.1) is 0 Å². The van der Waals surface area contributed by atoms with Crippen LogP contribution in [0.3, 0.4) is 0 Å². The van der Waals surface area contributed by atoms with E-state index in [0.29, 0.717) is 5.92 Å². The number of carbonyl (C=O) groups is 2. The van der Waals surface area contributed by atoms with Gasteiger partial charge in [0.1, 0.15) is 6.10 Å². The van der Waals surface area contributed by atoms with Crippen molar-refractivity contribution >= 4 is 11.9 Å². The predicted octanol–water partition coefficient (Wildman–Crippen LogP) is 3.68. The summed E-state index contributed by atoms with van der Waals surface area (Å²) < 4.78 is 5.32. The van der Waals surface area contributed by atoms with Gasteiger partial charge in [0.2, 0.25) is 0 Å². The Morgan fingerprint density at radius 3 is 2.29 bits per heavy atom. The fourth-order valence-corrected chi connectivity index (χ4v) is 4.06. The van der Waals surface area contributed by atoms with Gasteiger partial charge in [0.15, 0.2) is 0 Å². The van der Waals surface area contributed by atoms with Crippen molar-refractivity contribution in [3.8, 4) is 0 Å². The van der Waals surface area contributed by atoms with E-state index in [1.807, 2.05) is 6.92 Å². The van der Waals surface area contributed by atoms with Gasteiger partial charge in [0, 0.05) is 23.2 Å². The maximum atomic E-state index is 11.6. The number of esters is 1. The number of carboxylic acids is 1. The maximum absolute atomic E-state index is 11.6. The van der Waals surface area contributed by atoms with Gasteiger partial charge in [-0.25, -0.2) is 9.59 Å². The molecule has 1 aliphatic heterocycles. The molecule has 1 atom stereocenters. The summed E-state index contributed by atoms with van der Waals surface area (Å²) in [7, 11) is 0. The number of piperidine rings is 1. The average Bonchev–Trinajstić information content (AvgIpc) is 2.40. The van der Waals surface area contributed by atoms with Gasteiger partial charge in [0.25, 0.3) is 0 Å². The third kappa shape index (κ3) is 7.95. The normalized spacial score (nSPS) is 21.5. The van der Waals surface area contributed by atoms with Gasteiger partial charge >= 0.3 is 11.9 Å². The van der Waals surface area contributed by atoms with Gasteiger partial charge in [-0.2, -0.15) is 0 Å².